The first-order chi connectivity index (χ1) is 32.2. The summed E-state index contributed by atoms with van der Waals surface area (Å²) in [6, 6.07) is 7.91. The van der Waals surface area contributed by atoms with Crippen LogP contribution < -0.4 is 4.90 Å². The van der Waals surface area contributed by atoms with Gasteiger partial charge in [-0.25, -0.2) is 14.4 Å². The van der Waals surface area contributed by atoms with Gasteiger partial charge in [-0.15, -0.1) is 0 Å². The number of carbonyl (C=O) groups is 6. The van der Waals surface area contributed by atoms with Crippen molar-refractivity contribution in [2.45, 2.75) is 52.0 Å². The Morgan fingerprint density at radius 3 is 1.48 bits per heavy atom. The molecular formula is C49H74N4O14. The minimum atomic E-state index is -0.927. The van der Waals surface area contributed by atoms with Crippen LogP contribution in [0.25, 0.3) is 0 Å². The van der Waals surface area contributed by atoms with Gasteiger partial charge in [0, 0.05) is 88.3 Å². The Morgan fingerprint density at radius 2 is 1.00 bits per heavy atom. The fraction of sp³-hybridized carbons (Fsp3) is 0.633. The average Bonchev–Trinajstić information content (AvgIpc) is 3.73. The molecule has 0 spiro atoms. The van der Waals surface area contributed by atoms with E-state index in [0.717, 1.165) is 95.7 Å². The number of hydrogen-bond acceptors (Lipinski definition) is 18. The predicted octanol–water partition coefficient (Wildman–Crippen LogP) is 3.32. The highest BCUT2D eigenvalue weighted by Gasteiger charge is 2.36. The van der Waals surface area contributed by atoms with Crippen molar-refractivity contribution in [3.63, 3.8) is 0 Å². The zero-order valence-corrected chi connectivity index (χ0v) is 40.1. The van der Waals surface area contributed by atoms with E-state index in [-0.39, 0.29) is 103 Å². The van der Waals surface area contributed by atoms with E-state index in [9.17, 15) is 28.8 Å². The van der Waals surface area contributed by atoms with Crippen molar-refractivity contribution >= 4 is 41.1 Å². The maximum atomic E-state index is 13.8. The van der Waals surface area contributed by atoms with Gasteiger partial charge < -0.3 is 52.6 Å². The van der Waals surface area contributed by atoms with Gasteiger partial charge >= 0.3 is 23.9 Å². The van der Waals surface area contributed by atoms with Crippen molar-refractivity contribution in [3.05, 3.63) is 67.8 Å². The van der Waals surface area contributed by atoms with Crippen LogP contribution in [0.4, 0.5) is 5.69 Å². The van der Waals surface area contributed by atoms with Crippen molar-refractivity contribution in [2.24, 2.45) is 5.41 Å². The van der Waals surface area contributed by atoms with Crippen LogP contribution in [0.5, 0.6) is 0 Å². The van der Waals surface area contributed by atoms with Gasteiger partial charge in [0.2, 0.25) is 0 Å². The van der Waals surface area contributed by atoms with E-state index in [4.69, 9.17) is 37.9 Å². The average molecular weight is 943 g/mol. The highest BCUT2D eigenvalue weighted by molar-refractivity contribution is 6.03. The van der Waals surface area contributed by atoms with Gasteiger partial charge in [0.25, 0.3) is 0 Å². The summed E-state index contributed by atoms with van der Waals surface area (Å²) in [5.74, 6) is -1.82. The van der Waals surface area contributed by atoms with E-state index >= 15 is 0 Å². The van der Waals surface area contributed by atoms with E-state index < -0.39 is 28.9 Å². The van der Waals surface area contributed by atoms with Gasteiger partial charge in [0.15, 0.2) is 5.78 Å². The topological polar surface area (TPSA) is 189 Å². The summed E-state index contributed by atoms with van der Waals surface area (Å²) in [6.07, 6.45) is 5.78. The van der Waals surface area contributed by atoms with Crippen molar-refractivity contribution in [1.29, 1.82) is 0 Å². The first-order valence-electron chi connectivity index (χ1n) is 23.1. The quantitative estimate of drug-likeness (QED) is 0.0328. The van der Waals surface area contributed by atoms with Crippen LogP contribution >= 0.6 is 0 Å². The minimum absolute atomic E-state index is 0.00626. The standard InChI is InChI=1S/C49H74N4O14/c1-7-43(55)64-32-28-60-36-49(37-61-29-33-65-44(56)8-2,38-62-30-34-66-45(57)9-3)39-63-31-35-67-46(58)17-23-51-18-10-20-52(26-24-51)42-14-12-41(13-15-42)47(59)48(5,6)53-21-11-19-50(25-27-53)22-16-40(4)54/h7-9,12-15H,1-3,10-11,16-39H2,4-6H3. The van der Waals surface area contributed by atoms with E-state index in [2.05, 4.69) is 39.3 Å². The van der Waals surface area contributed by atoms with E-state index in [1.165, 1.54) is 0 Å². The Hall–Kier alpha value is -4.82. The Balaban J connectivity index is 1.46. The van der Waals surface area contributed by atoms with Crippen LogP contribution in [0.2, 0.25) is 0 Å². The summed E-state index contributed by atoms with van der Waals surface area (Å²) in [6.45, 7) is 24.0. The molecule has 0 bridgehead atoms. The first kappa shape index (κ1) is 56.5. The second kappa shape index (κ2) is 31.3. The van der Waals surface area contributed by atoms with E-state index in [0.29, 0.717) is 18.5 Å². The van der Waals surface area contributed by atoms with Gasteiger partial charge in [0.05, 0.1) is 70.2 Å². The third-order valence-corrected chi connectivity index (χ3v) is 11.5. The van der Waals surface area contributed by atoms with Crippen LogP contribution in [0, 0.1) is 5.41 Å². The Bertz CT molecular complexity index is 1660. The Morgan fingerprint density at radius 1 is 0.552 bits per heavy atom. The lowest BCUT2D eigenvalue weighted by Gasteiger charge is -2.36. The molecule has 2 fully saturated rings. The first-order valence-corrected chi connectivity index (χ1v) is 23.1. The second-order valence-electron chi connectivity index (χ2n) is 17.0. The summed E-state index contributed by atoms with van der Waals surface area (Å²) in [5.41, 5.74) is 0.152. The van der Waals surface area contributed by atoms with Gasteiger partial charge in [-0.2, -0.15) is 0 Å². The molecule has 0 radical (unpaired) electrons. The van der Waals surface area contributed by atoms with Gasteiger partial charge in [-0.1, -0.05) is 19.7 Å². The second-order valence-corrected chi connectivity index (χ2v) is 17.0. The number of hydrogen-bond donors (Lipinski definition) is 0. The van der Waals surface area contributed by atoms with E-state index in [1.54, 1.807) is 6.92 Å². The van der Waals surface area contributed by atoms with Crippen LogP contribution in [0.15, 0.2) is 62.2 Å². The predicted molar refractivity (Wildman–Crippen MR) is 251 cm³/mol. The summed E-state index contributed by atoms with van der Waals surface area (Å²) in [7, 11) is 0. The number of ether oxygens (including phenoxy) is 8. The number of rotatable bonds is 33. The molecule has 1 aromatic rings. The zero-order chi connectivity index (χ0) is 48.9. The maximum Gasteiger partial charge on any atom is 0.330 e. The molecule has 0 aliphatic carbocycles. The molecule has 1 aromatic carbocycles. The normalized spacial score (nSPS) is 15.4. The fourth-order valence-corrected chi connectivity index (χ4v) is 7.56. The number of benzene rings is 1. The monoisotopic (exact) mass is 943 g/mol. The Labute approximate surface area is 396 Å². The molecule has 67 heavy (non-hydrogen) atoms. The maximum absolute atomic E-state index is 13.8. The molecule has 3 rings (SSSR count). The summed E-state index contributed by atoms with van der Waals surface area (Å²) in [5, 5.41) is 0. The number of nitrogens with zero attached hydrogens (tertiary/aromatic N) is 4. The smallest absolute Gasteiger partial charge is 0.330 e. The molecule has 0 amide bonds. The summed E-state index contributed by atoms with van der Waals surface area (Å²) < 4.78 is 44.0. The third-order valence-electron chi connectivity index (χ3n) is 11.5. The molecule has 374 valence electrons. The molecular weight excluding hydrogens is 869 g/mol. The van der Waals surface area contributed by atoms with Crippen LogP contribution in [-0.4, -0.2) is 200 Å². The lowest BCUT2D eigenvalue weighted by Crippen LogP contribution is -2.51. The number of Topliss-reactive ketones (excluding diaryl/α,β-unsaturated/α-hetero) is 2. The lowest BCUT2D eigenvalue weighted by atomic mass is 9.90. The summed E-state index contributed by atoms with van der Waals surface area (Å²) >= 11 is 0. The largest absolute Gasteiger partial charge is 0.463 e. The molecule has 0 atom stereocenters. The van der Waals surface area contributed by atoms with Gasteiger partial charge in [-0.3, -0.25) is 19.3 Å². The molecule has 0 unspecified atom stereocenters. The molecule has 2 aliphatic heterocycles. The van der Waals surface area contributed by atoms with Crippen molar-refractivity contribution < 1.29 is 66.7 Å². The minimum Gasteiger partial charge on any atom is -0.463 e. The SMILES string of the molecule is C=CC(=O)OCCOCC(COCCOC(=O)C=C)(COCCOC(=O)C=C)COCCOC(=O)CCN1CCCN(c2ccc(C(=O)C(C)(C)N3CCCN(CCC(C)=O)CC3)cc2)CC1. The van der Waals surface area contributed by atoms with Crippen LogP contribution in [-0.2, 0) is 61.9 Å². The van der Waals surface area contributed by atoms with Gasteiger partial charge in [-0.05, 0) is 71.0 Å². The highest BCUT2D eigenvalue weighted by Crippen LogP contribution is 2.26. The van der Waals surface area contributed by atoms with Gasteiger partial charge in [0.1, 0.15) is 32.2 Å². The molecule has 18 heteroatoms. The summed E-state index contributed by atoms with van der Waals surface area (Å²) in [4.78, 5) is 81.8. The number of carbonyl (C=O) groups excluding carboxylic acids is 6. The molecule has 0 saturated carbocycles. The van der Waals surface area contributed by atoms with Crippen molar-refractivity contribution in [3.8, 4) is 0 Å². The van der Waals surface area contributed by atoms with Crippen LogP contribution in [0.1, 0.15) is 56.8 Å². The molecule has 2 heterocycles. The third kappa shape index (κ3) is 21.8. The van der Waals surface area contributed by atoms with Crippen LogP contribution in [0.3, 0.4) is 0 Å². The molecule has 2 saturated heterocycles. The Kier molecular flexibility index (Phi) is 26.4. The van der Waals surface area contributed by atoms with Crippen molar-refractivity contribution in [2.75, 3.05) is 150 Å². The highest BCUT2D eigenvalue weighted by atomic mass is 16.6. The van der Waals surface area contributed by atoms with Crippen molar-refractivity contribution in [1.82, 2.24) is 14.7 Å². The number of anilines is 1. The fourth-order valence-electron chi connectivity index (χ4n) is 7.56. The molecule has 18 nitrogen and oxygen atoms in total. The molecule has 0 N–H and O–H groups in total. The number of ketones is 2. The lowest BCUT2D eigenvalue weighted by molar-refractivity contribution is -0.149. The zero-order valence-electron chi connectivity index (χ0n) is 40.1. The number of esters is 4. The molecule has 2 aliphatic rings. The molecule has 0 aromatic heterocycles. The van der Waals surface area contributed by atoms with E-state index in [1.807, 2.05) is 38.1 Å².